The lowest BCUT2D eigenvalue weighted by Crippen LogP contribution is -2.54. The summed E-state index contributed by atoms with van der Waals surface area (Å²) in [5.74, 6) is 0.657. The first-order valence-electron chi connectivity index (χ1n) is 8.90. The predicted octanol–water partition coefficient (Wildman–Crippen LogP) is 4.53. The summed E-state index contributed by atoms with van der Waals surface area (Å²) >= 11 is 6.27. The molecule has 2 nitrogen and oxygen atoms in total. The minimum atomic E-state index is -0.424. The van der Waals surface area contributed by atoms with Gasteiger partial charge in [-0.1, -0.05) is 43.5 Å². The molecule has 23 heavy (non-hydrogen) atoms. The first kappa shape index (κ1) is 19.0. The van der Waals surface area contributed by atoms with Crippen LogP contribution in [0.25, 0.3) is 0 Å². The molecule has 4 heteroatoms. The summed E-state index contributed by atoms with van der Waals surface area (Å²) in [6.07, 6.45) is 7.01. The van der Waals surface area contributed by atoms with E-state index < -0.39 is 6.10 Å². The zero-order valence-electron chi connectivity index (χ0n) is 14.9. The maximum absolute atomic E-state index is 13.0. The van der Waals surface area contributed by atoms with E-state index >= 15 is 0 Å². The fourth-order valence-corrected chi connectivity index (χ4v) is 4.50. The fraction of sp³-hybridized carbons (Fsp3) is 0.789. The SMILES string of the molecule is CCN(CC(O)C1(C2C=CC(Cl)=C(C)C2C)CCC1)C(C)CF. The van der Waals surface area contributed by atoms with E-state index in [1.165, 1.54) is 5.57 Å². The number of likely N-dealkylation sites (N-methyl/N-ethyl adjacent to an activating group) is 1. The van der Waals surface area contributed by atoms with Crippen LogP contribution < -0.4 is 0 Å². The molecule has 0 aromatic rings. The second kappa shape index (κ2) is 7.67. The topological polar surface area (TPSA) is 23.5 Å². The predicted molar refractivity (Wildman–Crippen MR) is 95.3 cm³/mol. The van der Waals surface area contributed by atoms with Gasteiger partial charge in [0.1, 0.15) is 6.67 Å². The van der Waals surface area contributed by atoms with E-state index in [2.05, 4.69) is 24.8 Å². The second-order valence-corrected chi connectivity index (χ2v) is 7.81. The van der Waals surface area contributed by atoms with E-state index in [0.717, 1.165) is 30.8 Å². The maximum Gasteiger partial charge on any atom is 0.105 e. The molecule has 2 aliphatic rings. The van der Waals surface area contributed by atoms with E-state index in [4.69, 9.17) is 11.6 Å². The summed E-state index contributed by atoms with van der Waals surface area (Å²) < 4.78 is 13.0. The van der Waals surface area contributed by atoms with Crippen molar-refractivity contribution in [3.05, 3.63) is 22.8 Å². The van der Waals surface area contributed by atoms with Gasteiger partial charge >= 0.3 is 0 Å². The molecule has 0 radical (unpaired) electrons. The van der Waals surface area contributed by atoms with Crippen molar-refractivity contribution in [2.75, 3.05) is 19.8 Å². The monoisotopic (exact) mass is 343 g/mol. The molecule has 0 aliphatic heterocycles. The van der Waals surface area contributed by atoms with Gasteiger partial charge in [-0.15, -0.1) is 0 Å². The van der Waals surface area contributed by atoms with Gasteiger partial charge in [-0.25, -0.2) is 4.39 Å². The molecule has 0 amide bonds. The van der Waals surface area contributed by atoms with Gasteiger partial charge in [-0.05, 0) is 51.1 Å². The number of allylic oxidation sites excluding steroid dienone is 4. The number of alkyl halides is 1. The second-order valence-electron chi connectivity index (χ2n) is 7.40. The first-order valence-corrected chi connectivity index (χ1v) is 9.27. The normalized spacial score (nSPS) is 29.6. The van der Waals surface area contributed by atoms with Crippen molar-refractivity contribution in [3.8, 4) is 0 Å². The summed E-state index contributed by atoms with van der Waals surface area (Å²) in [4.78, 5) is 2.05. The third kappa shape index (κ3) is 3.52. The Hall–Kier alpha value is -0.380. The van der Waals surface area contributed by atoms with Gasteiger partial charge in [0, 0.05) is 23.0 Å². The molecule has 0 spiro atoms. The molecule has 0 aromatic heterocycles. The van der Waals surface area contributed by atoms with E-state index in [1.54, 1.807) is 0 Å². The summed E-state index contributed by atoms with van der Waals surface area (Å²) in [7, 11) is 0. The molecule has 0 aromatic carbocycles. The van der Waals surface area contributed by atoms with E-state index in [9.17, 15) is 9.50 Å². The summed E-state index contributed by atoms with van der Waals surface area (Å²) in [6, 6.07) is -0.137. The van der Waals surface area contributed by atoms with Gasteiger partial charge in [-0.2, -0.15) is 0 Å². The Labute approximate surface area is 145 Å². The van der Waals surface area contributed by atoms with Gasteiger partial charge in [-0.3, -0.25) is 4.90 Å². The largest absolute Gasteiger partial charge is 0.391 e. The van der Waals surface area contributed by atoms with Crippen LogP contribution in [0.15, 0.2) is 22.8 Å². The first-order chi connectivity index (χ1) is 10.9. The molecule has 2 rings (SSSR count). The van der Waals surface area contributed by atoms with Crippen molar-refractivity contribution < 1.29 is 9.50 Å². The van der Waals surface area contributed by atoms with Crippen LogP contribution in [0.2, 0.25) is 0 Å². The highest BCUT2D eigenvalue weighted by molar-refractivity contribution is 6.31. The summed E-state index contributed by atoms with van der Waals surface area (Å²) in [6.45, 7) is 9.16. The molecule has 2 aliphatic carbocycles. The molecule has 1 saturated carbocycles. The van der Waals surface area contributed by atoms with Crippen LogP contribution in [0.3, 0.4) is 0 Å². The Bertz CT molecular complexity index is 472. The summed E-state index contributed by atoms with van der Waals surface area (Å²) in [5.41, 5.74) is 1.13. The number of halogens is 2. The Morgan fingerprint density at radius 1 is 1.48 bits per heavy atom. The molecule has 1 fully saturated rings. The zero-order chi connectivity index (χ0) is 17.2. The highest BCUT2D eigenvalue weighted by Gasteiger charge is 2.51. The summed E-state index contributed by atoms with van der Waals surface area (Å²) in [5, 5.41) is 11.9. The highest BCUT2D eigenvalue weighted by atomic mass is 35.5. The van der Waals surface area contributed by atoms with Gasteiger partial charge in [0.05, 0.1) is 6.10 Å². The van der Waals surface area contributed by atoms with Crippen molar-refractivity contribution in [3.63, 3.8) is 0 Å². The van der Waals surface area contributed by atoms with E-state index in [-0.39, 0.29) is 18.1 Å². The van der Waals surface area contributed by atoms with Crippen molar-refractivity contribution in [2.45, 2.75) is 59.1 Å². The van der Waals surface area contributed by atoms with Gasteiger partial charge < -0.3 is 5.11 Å². The number of aliphatic hydroxyl groups excluding tert-OH is 1. The number of hydrogen-bond acceptors (Lipinski definition) is 2. The van der Waals surface area contributed by atoms with Crippen molar-refractivity contribution in [1.82, 2.24) is 4.90 Å². The van der Waals surface area contributed by atoms with Crippen LogP contribution in [0, 0.1) is 17.3 Å². The molecule has 132 valence electrons. The molecule has 0 bridgehead atoms. The van der Waals surface area contributed by atoms with Crippen molar-refractivity contribution in [1.29, 1.82) is 0 Å². The third-order valence-corrected chi connectivity index (χ3v) is 6.74. The van der Waals surface area contributed by atoms with Crippen LogP contribution in [-0.2, 0) is 0 Å². The number of nitrogens with zero attached hydrogens (tertiary/aromatic N) is 1. The fourth-order valence-electron chi connectivity index (χ4n) is 4.26. The molecular formula is C19H31ClFNO. The average Bonchev–Trinajstić information content (AvgIpc) is 2.50. The van der Waals surface area contributed by atoms with Crippen LogP contribution in [0.4, 0.5) is 4.39 Å². The van der Waals surface area contributed by atoms with E-state index in [0.29, 0.717) is 18.4 Å². The van der Waals surface area contributed by atoms with Crippen LogP contribution in [0.1, 0.15) is 47.0 Å². The Morgan fingerprint density at radius 3 is 2.61 bits per heavy atom. The minimum Gasteiger partial charge on any atom is -0.391 e. The number of aliphatic hydroxyl groups is 1. The lowest BCUT2D eigenvalue weighted by Gasteiger charge is -2.54. The van der Waals surface area contributed by atoms with Crippen LogP contribution >= 0.6 is 11.6 Å². The van der Waals surface area contributed by atoms with Crippen LogP contribution in [-0.4, -0.2) is 41.9 Å². The Morgan fingerprint density at radius 2 is 2.13 bits per heavy atom. The Kier molecular flexibility index (Phi) is 6.32. The molecule has 1 N–H and O–H groups in total. The lowest BCUT2D eigenvalue weighted by atomic mass is 9.53. The third-order valence-electron chi connectivity index (χ3n) is 6.32. The molecule has 4 unspecified atom stereocenters. The zero-order valence-corrected chi connectivity index (χ0v) is 15.6. The van der Waals surface area contributed by atoms with Gasteiger partial charge in [0.15, 0.2) is 0 Å². The minimum absolute atomic E-state index is 0.0851. The van der Waals surface area contributed by atoms with Crippen LogP contribution in [0.5, 0.6) is 0 Å². The average molecular weight is 344 g/mol. The quantitative estimate of drug-likeness (QED) is 0.734. The standard InChI is InChI=1S/C19H31ClFNO/c1-5-22(13(2)11-21)12-18(23)19(9-6-10-19)16-7-8-17(20)15(4)14(16)3/h7-8,13-14,16,18,23H,5-6,9-12H2,1-4H3. The van der Waals surface area contributed by atoms with E-state index in [1.807, 2.05) is 19.9 Å². The van der Waals surface area contributed by atoms with Crippen molar-refractivity contribution >= 4 is 11.6 Å². The highest BCUT2D eigenvalue weighted by Crippen LogP contribution is 2.55. The Balaban J connectivity index is 2.16. The number of hydrogen-bond donors (Lipinski definition) is 1. The molecule has 4 atom stereocenters. The maximum atomic E-state index is 13.0. The number of rotatable bonds is 7. The van der Waals surface area contributed by atoms with Gasteiger partial charge in [0.2, 0.25) is 0 Å². The smallest absolute Gasteiger partial charge is 0.105 e. The van der Waals surface area contributed by atoms with Crippen molar-refractivity contribution in [2.24, 2.45) is 17.3 Å². The molecule has 0 saturated heterocycles. The lowest BCUT2D eigenvalue weighted by molar-refractivity contribution is -0.0921. The van der Waals surface area contributed by atoms with Gasteiger partial charge in [0.25, 0.3) is 0 Å². The molecular weight excluding hydrogens is 313 g/mol. The molecule has 0 heterocycles.